The average Bonchev–Trinajstić information content (AvgIpc) is 2.75. The van der Waals surface area contributed by atoms with Gasteiger partial charge in [-0.15, -0.1) is 11.3 Å². The van der Waals surface area contributed by atoms with Gasteiger partial charge in [0.2, 0.25) is 0 Å². The second-order valence-electron chi connectivity index (χ2n) is 5.58. The molecule has 0 aliphatic rings. The highest BCUT2D eigenvalue weighted by Crippen LogP contribution is 2.38. The summed E-state index contributed by atoms with van der Waals surface area (Å²) in [7, 11) is 0. The van der Waals surface area contributed by atoms with Crippen molar-refractivity contribution in [2.75, 3.05) is 5.73 Å². The van der Waals surface area contributed by atoms with Crippen molar-refractivity contribution in [1.82, 2.24) is 9.97 Å². The summed E-state index contributed by atoms with van der Waals surface area (Å²) in [6.07, 6.45) is 4.05. The summed E-state index contributed by atoms with van der Waals surface area (Å²) in [5, 5.41) is 0. The van der Waals surface area contributed by atoms with E-state index in [1.807, 2.05) is 27.7 Å². The number of hydrogen-bond acceptors (Lipinski definition) is 6. The van der Waals surface area contributed by atoms with Gasteiger partial charge in [-0.25, -0.2) is 14.8 Å². The van der Waals surface area contributed by atoms with Crippen molar-refractivity contribution in [3.8, 4) is 10.7 Å². The van der Waals surface area contributed by atoms with Crippen molar-refractivity contribution in [3.63, 3.8) is 0 Å². The van der Waals surface area contributed by atoms with Crippen molar-refractivity contribution < 1.29 is 9.53 Å². The number of hydrogen-bond donors (Lipinski definition) is 1. The molecule has 0 saturated carbocycles. The van der Waals surface area contributed by atoms with Crippen molar-refractivity contribution in [2.24, 2.45) is 0 Å². The second-order valence-corrected chi connectivity index (χ2v) is 6.60. The Hall–Kier alpha value is -1.95. The Morgan fingerprint density at radius 2 is 1.95 bits per heavy atom. The third-order valence-electron chi connectivity index (χ3n) is 2.75. The van der Waals surface area contributed by atoms with Crippen LogP contribution in [0.2, 0.25) is 0 Å². The third kappa shape index (κ3) is 3.39. The second kappa shape index (κ2) is 5.81. The predicted octanol–water partition coefficient (Wildman–Crippen LogP) is 3.31. The Morgan fingerprint density at radius 1 is 1.33 bits per heavy atom. The molecular formula is C15H19N3O2S. The van der Waals surface area contributed by atoms with Gasteiger partial charge < -0.3 is 10.5 Å². The highest BCUT2D eigenvalue weighted by Gasteiger charge is 2.26. The highest BCUT2D eigenvalue weighted by molar-refractivity contribution is 7.18. The van der Waals surface area contributed by atoms with Crippen LogP contribution < -0.4 is 5.73 Å². The number of anilines is 1. The van der Waals surface area contributed by atoms with Crippen molar-refractivity contribution >= 4 is 23.0 Å². The molecule has 0 atom stereocenters. The summed E-state index contributed by atoms with van der Waals surface area (Å²) >= 11 is 1.29. The normalized spacial score (nSPS) is 11.4. The van der Waals surface area contributed by atoms with Crippen LogP contribution in [0.1, 0.15) is 42.9 Å². The quantitative estimate of drug-likeness (QED) is 0.880. The van der Waals surface area contributed by atoms with E-state index in [0.717, 1.165) is 10.4 Å². The Kier molecular flexibility index (Phi) is 4.27. The maximum Gasteiger partial charge on any atom is 0.351 e. The number of rotatable bonds is 3. The minimum absolute atomic E-state index is 0.401. The number of aromatic nitrogens is 2. The van der Waals surface area contributed by atoms with E-state index in [4.69, 9.17) is 10.5 Å². The molecule has 112 valence electrons. The Labute approximate surface area is 128 Å². The van der Waals surface area contributed by atoms with E-state index in [2.05, 4.69) is 9.97 Å². The largest absolute Gasteiger partial charge is 0.456 e. The number of ether oxygens (including phenoxy) is 1. The number of thiophene rings is 1. The first-order chi connectivity index (χ1) is 9.83. The van der Waals surface area contributed by atoms with Crippen LogP contribution in [0.25, 0.3) is 10.7 Å². The van der Waals surface area contributed by atoms with Gasteiger partial charge in [-0.3, -0.25) is 0 Å². The molecule has 21 heavy (non-hydrogen) atoms. The molecule has 0 aliphatic heterocycles. The van der Waals surface area contributed by atoms with Crippen LogP contribution in [0.3, 0.4) is 0 Å². The summed E-state index contributed by atoms with van der Waals surface area (Å²) in [4.78, 5) is 22.0. The number of carbonyl (C=O) groups is 1. The monoisotopic (exact) mass is 305 g/mol. The lowest BCUT2D eigenvalue weighted by Crippen LogP contribution is -2.23. The topological polar surface area (TPSA) is 78.1 Å². The lowest BCUT2D eigenvalue weighted by molar-refractivity contribution is 0.00763. The molecule has 5 nitrogen and oxygen atoms in total. The Morgan fingerprint density at radius 3 is 2.48 bits per heavy atom. The molecular weight excluding hydrogens is 286 g/mol. The lowest BCUT2D eigenvalue weighted by atomic mass is 10.1. The molecule has 0 aliphatic carbocycles. The molecule has 0 radical (unpaired) electrons. The molecule has 0 unspecified atom stereocenters. The molecule has 0 aromatic carbocycles. The molecule has 6 heteroatoms. The van der Waals surface area contributed by atoms with Gasteiger partial charge in [0.25, 0.3) is 0 Å². The first-order valence-electron chi connectivity index (χ1n) is 6.75. The maximum absolute atomic E-state index is 12.3. The van der Waals surface area contributed by atoms with Gasteiger partial charge in [0.15, 0.2) is 5.82 Å². The van der Waals surface area contributed by atoms with Crippen molar-refractivity contribution in [2.45, 2.75) is 39.7 Å². The van der Waals surface area contributed by atoms with Crippen LogP contribution in [-0.2, 0) is 11.2 Å². The molecule has 2 N–H and O–H groups in total. The van der Waals surface area contributed by atoms with Crippen molar-refractivity contribution in [3.05, 3.63) is 28.9 Å². The smallest absolute Gasteiger partial charge is 0.351 e. The van der Waals surface area contributed by atoms with Crippen LogP contribution in [0.5, 0.6) is 0 Å². The number of nitrogens with two attached hydrogens (primary N) is 1. The van der Waals surface area contributed by atoms with Gasteiger partial charge in [0.05, 0.1) is 10.6 Å². The number of esters is 1. The van der Waals surface area contributed by atoms with E-state index in [0.29, 0.717) is 22.8 Å². The van der Waals surface area contributed by atoms with E-state index in [9.17, 15) is 4.79 Å². The standard InChI is InChI=1S/C15H19N3O2S/c1-5-9-10(16)12(14(19)20-15(2,3)4)21-11(9)13-17-7-6-8-18-13/h6-8H,5,16H2,1-4H3. The fourth-order valence-corrected chi connectivity index (χ4v) is 3.04. The van der Waals surface area contributed by atoms with E-state index >= 15 is 0 Å². The van der Waals surface area contributed by atoms with Crippen molar-refractivity contribution in [1.29, 1.82) is 0 Å². The lowest BCUT2D eigenvalue weighted by Gasteiger charge is -2.19. The molecule has 2 heterocycles. The van der Waals surface area contributed by atoms with E-state index < -0.39 is 11.6 Å². The van der Waals surface area contributed by atoms with Gasteiger partial charge in [0, 0.05) is 12.4 Å². The predicted molar refractivity (Wildman–Crippen MR) is 84.3 cm³/mol. The zero-order valence-corrected chi connectivity index (χ0v) is 13.5. The maximum atomic E-state index is 12.3. The molecule has 2 rings (SSSR count). The van der Waals surface area contributed by atoms with Crippen LogP contribution >= 0.6 is 11.3 Å². The van der Waals surface area contributed by atoms with Crippen LogP contribution in [0.4, 0.5) is 5.69 Å². The van der Waals surface area contributed by atoms with Gasteiger partial charge in [0.1, 0.15) is 10.5 Å². The van der Waals surface area contributed by atoms with Gasteiger partial charge in [-0.05, 0) is 38.8 Å². The summed E-state index contributed by atoms with van der Waals surface area (Å²) in [5.41, 5.74) is 6.94. The first-order valence-corrected chi connectivity index (χ1v) is 7.57. The van der Waals surface area contributed by atoms with Gasteiger partial charge in [-0.2, -0.15) is 0 Å². The minimum atomic E-state index is -0.552. The Bertz CT molecular complexity index is 645. The molecule has 0 fully saturated rings. The third-order valence-corrected chi connectivity index (χ3v) is 3.98. The molecule has 0 amide bonds. The Balaban J connectivity index is 2.46. The zero-order chi connectivity index (χ0) is 15.6. The highest BCUT2D eigenvalue weighted by atomic mass is 32.1. The SMILES string of the molecule is CCc1c(-c2ncccn2)sc(C(=O)OC(C)(C)C)c1N. The summed E-state index contributed by atoms with van der Waals surface area (Å²) in [6, 6.07) is 1.75. The molecule has 0 saturated heterocycles. The summed E-state index contributed by atoms with van der Waals surface area (Å²) in [6.45, 7) is 7.48. The van der Waals surface area contributed by atoms with E-state index in [1.165, 1.54) is 11.3 Å². The van der Waals surface area contributed by atoms with Gasteiger partial charge >= 0.3 is 5.97 Å². The van der Waals surface area contributed by atoms with Crippen LogP contribution in [0, 0.1) is 0 Å². The van der Waals surface area contributed by atoms with Gasteiger partial charge in [-0.1, -0.05) is 6.92 Å². The zero-order valence-electron chi connectivity index (χ0n) is 12.6. The molecule has 2 aromatic heterocycles. The summed E-state index contributed by atoms with van der Waals surface area (Å²) < 4.78 is 5.40. The van der Waals surface area contributed by atoms with Crippen LogP contribution in [0.15, 0.2) is 18.5 Å². The minimum Gasteiger partial charge on any atom is -0.456 e. The van der Waals surface area contributed by atoms with E-state index in [-0.39, 0.29) is 0 Å². The number of carbonyl (C=O) groups excluding carboxylic acids is 1. The van der Waals surface area contributed by atoms with Crippen LogP contribution in [-0.4, -0.2) is 21.5 Å². The number of nitrogens with zero attached hydrogens (tertiary/aromatic N) is 2. The number of nitrogen functional groups attached to an aromatic ring is 1. The molecule has 0 bridgehead atoms. The average molecular weight is 305 g/mol. The fourth-order valence-electron chi connectivity index (χ4n) is 1.90. The molecule has 2 aromatic rings. The molecule has 0 spiro atoms. The fraction of sp³-hybridized carbons (Fsp3) is 0.400. The summed E-state index contributed by atoms with van der Waals surface area (Å²) in [5.74, 6) is 0.183. The first kappa shape index (κ1) is 15.4. The van der Waals surface area contributed by atoms with E-state index in [1.54, 1.807) is 18.5 Å².